The number of nitrogens with one attached hydrogen (secondary N) is 1. The van der Waals surface area contributed by atoms with E-state index in [1.165, 1.54) is 5.56 Å². The number of fused-ring (bicyclic) bond motifs is 3. The Balaban J connectivity index is 1.42. The molecule has 3 heterocycles. The molecule has 2 aliphatic rings. The zero-order valence-electron chi connectivity index (χ0n) is 21.3. The Morgan fingerprint density at radius 2 is 1.92 bits per heavy atom. The largest absolute Gasteiger partial charge is 0.379 e. The van der Waals surface area contributed by atoms with E-state index >= 15 is 0 Å². The van der Waals surface area contributed by atoms with Crippen molar-refractivity contribution in [2.45, 2.75) is 45.3 Å². The highest BCUT2D eigenvalue weighted by atomic mass is 16.5. The first kappa shape index (κ1) is 24.5. The molecular formula is C27H34N6O3. The van der Waals surface area contributed by atoms with Crippen LogP contribution >= 0.6 is 0 Å². The minimum absolute atomic E-state index is 0.185. The number of carbonyl (C=O) groups excluding carboxylic acids is 1. The van der Waals surface area contributed by atoms with Gasteiger partial charge in [-0.1, -0.05) is 24.3 Å². The number of methoxy groups -OCH3 is 1. The maximum atomic E-state index is 13.3. The monoisotopic (exact) mass is 490 g/mol. The summed E-state index contributed by atoms with van der Waals surface area (Å²) in [6, 6.07) is 8.39. The van der Waals surface area contributed by atoms with Crippen molar-refractivity contribution in [3.05, 3.63) is 59.0 Å². The lowest BCUT2D eigenvalue weighted by molar-refractivity contribution is -0.00924. The number of aromatic nitrogens is 4. The minimum atomic E-state index is -0.190. The molecule has 0 radical (unpaired) electrons. The van der Waals surface area contributed by atoms with Crippen LogP contribution in [0.4, 0.5) is 0 Å². The second kappa shape index (κ2) is 10.5. The van der Waals surface area contributed by atoms with Crippen LogP contribution in [0.25, 0.3) is 17.2 Å². The number of nitrogens with zero attached hydrogens (tertiary/aromatic N) is 5. The van der Waals surface area contributed by atoms with Crippen LogP contribution in [0.3, 0.4) is 0 Å². The molecule has 1 amide bonds. The Morgan fingerprint density at radius 3 is 2.72 bits per heavy atom. The maximum absolute atomic E-state index is 13.3. The molecule has 3 aromatic rings. The van der Waals surface area contributed by atoms with Crippen LogP contribution in [-0.4, -0.2) is 76.1 Å². The van der Waals surface area contributed by atoms with E-state index in [4.69, 9.17) is 14.5 Å². The SMILES string of the molecule is COCc1c(C(=O)NCC(C)(C)N2CCOCC2)cnn1-c1ncc2c(n1)-c1ccccc1CCC2. The smallest absolute Gasteiger partial charge is 0.254 e. The van der Waals surface area contributed by atoms with Crippen molar-refractivity contribution in [2.75, 3.05) is 40.0 Å². The van der Waals surface area contributed by atoms with Crippen LogP contribution in [0, 0.1) is 0 Å². The van der Waals surface area contributed by atoms with Crippen molar-refractivity contribution in [1.82, 2.24) is 30.0 Å². The van der Waals surface area contributed by atoms with Crippen LogP contribution in [0.2, 0.25) is 0 Å². The Hall–Kier alpha value is -3.14. The number of benzene rings is 1. The van der Waals surface area contributed by atoms with Crippen LogP contribution in [0.1, 0.15) is 47.4 Å². The van der Waals surface area contributed by atoms with Gasteiger partial charge in [-0.25, -0.2) is 9.97 Å². The Morgan fingerprint density at radius 1 is 1.14 bits per heavy atom. The lowest BCUT2D eigenvalue weighted by Crippen LogP contribution is -2.55. The van der Waals surface area contributed by atoms with Crippen molar-refractivity contribution >= 4 is 5.91 Å². The van der Waals surface area contributed by atoms with Crippen LogP contribution in [-0.2, 0) is 28.9 Å². The van der Waals surface area contributed by atoms with Crippen molar-refractivity contribution in [3.63, 3.8) is 0 Å². The van der Waals surface area contributed by atoms with Gasteiger partial charge in [0.25, 0.3) is 11.9 Å². The molecule has 0 atom stereocenters. The number of ether oxygens (including phenoxy) is 2. The molecule has 9 heteroatoms. The molecular weight excluding hydrogens is 456 g/mol. The lowest BCUT2D eigenvalue weighted by Gasteiger charge is -2.40. The lowest BCUT2D eigenvalue weighted by atomic mass is 10.0. The average Bonchev–Trinajstić information content (AvgIpc) is 3.23. The molecule has 0 bridgehead atoms. The standard InChI is InChI=1S/C27H34N6O3/c1-27(2,32-11-13-36-14-12-32)18-29-25(34)22-16-30-33(23(22)17-35-3)26-28-15-20-9-6-8-19-7-4-5-10-21(19)24(20)31-26/h4-5,7,10,15-16H,6,8-9,11-14,17-18H2,1-3H3,(H,29,34). The first-order valence-corrected chi connectivity index (χ1v) is 12.6. The Bertz CT molecular complexity index is 1230. The highest BCUT2D eigenvalue weighted by molar-refractivity contribution is 5.95. The highest BCUT2D eigenvalue weighted by Crippen LogP contribution is 2.31. The van der Waals surface area contributed by atoms with E-state index in [1.807, 2.05) is 12.3 Å². The highest BCUT2D eigenvalue weighted by Gasteiger charge is 2.30. The molecule has 36 heavy (non-hydrogen) atoms. The molecule has 0 saturated carbocycles. The van der Waals surface area contributed by atoms with Crippen LogP contribution < -0.4 is 5.32 Å². The predicted octanol–water partition coefficient (Wildman–Crippen LogP) is 2.81. The summed E-state index contributed by atoms with van der Waals surface area (Å²) in [5, 5.41) is 7.61. The molecule has 0 unspecified atom stereocenters. The summed E-state index contributed by atoms with van der Waals surface area (Å²) in [5.74, 6) is 0.250. The number of hydrogen-bond donors (Lipinski definition) is 1. The summed E-state index contributed by atoms with van der Waals surface area (Å²) in [6.45, 7) is 8.14. The van der Waals surface area contributed by atoms with Gasteiger partial charge in [0.1, 0.15) is 0 Å². The van der Waals surface area contributed by atoms with Gasteiger partial charge in [0.2, 0.25) is 0 Å². The molecule has 5 rings (SSSR count). The molecule has 1 N–H and O–H groups in total. The Labute approximate surface area is 211 Å². The molecule has 2 aromatic heterocycles. The fourth-order valence-corrected chi connectivity index (χ4v) is 5.04. The van der Waals surface area contributed by atoms with Gasteiger partial charge in [0.05, 0.1) is 43.0 Å². The van der Waals surface area contributed by atoms with Gasteiger partial charge in [0, 0.05) is 44.0 Å². The van der Waals surface area contributed by atoms with Crippen molar-refractivity contribution < 1.29 is 14.3 Å². The predicted molar refractivity (Wildman–Crippen MR) is 136 cm³/mol. The normalized spacial score (nSPS) is 16.2. The van der Waals surface area contributed by atoms with Gasteiger partial charge in [-0.15, -0.1) is 0 Å². The fraction of sp³-hybridized carbons (Fsp3) is 0.481. The Kier molecular flexibility index (Phi) is 7.13. The third-order valence-corrected chi connectivity index (χ3v) is 7.15. The number of morpholine rings is 1. The summed E-state index contributed by atoms with van der Waals surface area (Å²) in [7, 11) is 1.61. The average molecular weight is 491 g/mol. The van der Waals surface area contributed by atoms with E-state index in [-0.39, 0.29) is 18.1 Å². The van der Waals surface area contributed by atoms with Gasteiger partial charge in [-0.2, -0.15) is 9.78 Å². The van der Waals surface area contributed by atoms with Crippen LogP contribution in [0.5, 0.6) is 0 Å². The van der Waals surface area contributed by atoms with Gasteiger partial charge in [-0.05, 0) is 44.2 Å². The summed E-state index contributed by atoms with van der Waals surface area (Å²) < 4.78 is 12.5. The molecule has 1 aromatic carbocycles. The van der Waals surface area contributed by atoms with Gasteiger partial charge in [-0.3, -0.25) is 9.69 Å². The first-order chi connectivity index (χ1) is 17.5. The second-order valence-corrected chi connectivity index (χ2v) is 10.00. The maximum Gasteiger partial charge on any atom is 0.254 e. The van der Waals surface area contributed by atoms with E-state index in [0.29, 0.717) is 37.0 Å². The molecule has 0 spiro atoms. The number of amides is 1. The molecule has 190 valence electrons. The van der Waals surface area contributed by atoms with E-state index in [9.17, 15) is 4.79 Å². The van der Waals surface area contributed by atoms with E-state index in [0.717, 1.165) is 49.2 Å². The summed E-state index contributed by atoms with van der Waals surface area (Å²) in [4.78, 5) is 25.1. The molecule has 9 nitrogen and oxygen atoms in total. The number of aryl methyl sites for hydroxylation is 2. The van der Waals surface area contributed by atoms with E-state index in [2.05, 4.69) is 52.3 Å². The van der Waals surface area contributed by atoms with Gasteiger partial charge < -0.3 is 14.8 Å². The number of carbonyl (C=O) groups is 1. The zero-order chi connectivity index (χ0) is 25.1. The van der Waals surface area contributed by atoms with E-state index < -0.39 is 0 Å². The minimum Gasteiger partial charge on any atom is -0.379 e. The topological polar surface area (TPSA) is 94.4 Å². The molecule has 1 aliphatic heterocycles. The van der Waals surface area contributed by atoms with Crippen molar-refractivity contribution in [1.29, 1.82) is 0 Å². The summed E-state index contributed by atoms with van der Waals surface area (Å²) in [6.07, 6.45) is 6.48. The molecule has 1 aliphatic carbocycles. The van der Waals surface area contributed by atoms with E-state index in [1.54, 1.807) is 18.0 Å². The number of rotatable bonds is 7. The van der Waals surface area contributed by atoms with Gasteiger partial charge >= 0.3 is 0 Å². The van der Waals surface area contributed by atoms with Gasteiger partial charge in [0.15, 0.2) is 0 Å². The third-order valence-electron chi connectivity index (χ3n) is 7.15. The molecule has 1 fully saturated rings. The quantitative estimate of drug-likeness (QED) is 0.544. The summed E-state index contributed by atoms with van der Waals surface area (Å²) in [5.41, 5.74) is 5.40. The third kappa shape index (κ3) is 4.91. The van der Waals surface area contributed by atoms with Crippen molar-refractivity contribution in [2.24, 2.45) is 0 Å². The second-order valence-electron chi connectivity index (χ2n) is 10.00. The zero-order valence-corrected chi connectivity index (χ0v) is 21.3. The van der Waals surface area contributed by atoms with Crippen LogP contribution in [0.15, 0.2) is 36.7 Å². The first-order valence-electron chi connectivity index (χ1n) is 12.6. The van der Waals surface area contributed by atoms with Crippen molar-refractivity contribution in [3.8, 4) is 17.2 Å². The molecule has 1 saturated heterocycles. The number of hydrogen-bond acceptors (Lipinski definition) is 7. The fourth-order valence-electron chi connectivity index (χ4n) is 5.04. The summed E-state index contributed by atoms with van der Waals surface area (Å²) >= 11 is 0.